The Morgan fingerprint density at radius 2 is 2.17 bits per heavy atom. The van der Waals surface area contributed by atoms with E-state index in [9.17, 15) is 14.7 Å². The highest BCUT2D eigenvalue weighted by Crippen LogP contribution is 2.28. The molecule has 24 heavy (non-hydrogen) atoms. The predicted octanol–water partition coefficient (Wildman–Crippen LogP) is 0.778. The van der Waals surface area contributed by atoms with Crippen molar-refractivity contribution < 1.29 is 24.5 Å². The number of methoxy groups -OCH3 is 1. The first-order valence-corrected chi connectivity index (χ1v) is 7.31. The summed E-state index contributed by atoms with van der Waals surface area (Å²) in [6, 6.07) is 4.37. The van der Waals surface area contributed by atoms with E-state index in [4.69, 9.17) is 9.84 Å². The molecule has 1 saturated heterocycles. The number of carboxylic acids is 1. The number of aromatic carboxylic acids is 1. The monoisotopic (exact) mass is 332 g/mol. The van der Waals surface area contributed by atoms with Crippen LogP contribution in [0, 0.1) is 0 Å². The highest BCUT2D eigenvalue weighted by Gasteiger charge is 2.30. The molecule has 1 aliphatic heterocycles. The predicted molar refractivity (Wildman–Crippen MR) is 81.2 cm³/mol. The van der Waals surface area contributed by atoms with Crippen LogP contribution in [-0.4, -0.2) is 62.2 Å². The second-order valence-electron chi connectivity index (χ2n) is 5.47. The first-order valence-electron chi connectivity index (χ1n) is 7.31. The molecule has 2 aromatic rings. The van der Waals surface area contributed by atoms with E-state index < -0.39 is 5.97 Å². The molecule has 0 saturated carbocycles. The number of carbonyl (C=O) groups is 2. The van der Waals surface area contributed by atoms with Crippen LogP contribution in [-0.2, 0) is 0 Å². The zero-order chi connectivity index (χ0) is 17.3. The number of amides is 1. The minimum absolute atomic E-state index is 0.132. The minimum atomic E-state index is -1.14. The van der Waals surface area contributed by atoms with Gasteiger partial charge in [0.1, 0.15) is 11.5 Å². The van der Waals surface area contributed by atoms with Gasteiger partial charge in [0, 0.05) is 19.2 Å². The number of ether oxygens (including phenoxy) is 1. The SMILES string of the molecule is COc1ccc(C(=O)N2CCC(n3cc(C(=O)O)nn3)C2)c(O)c1. The number of hydrogen-bond donors (Lipinski definition) is 2. The van der Waals surface area contributed by atoms with Crippen LogP contribution < -0.4 is 4.74 Å². The maximum absolute atomic E-state index is 12.5. The quantitative estimate of drug-likeness (QED) is 0.849. The van der Waals surface area contributed by atoms with Crippen molar-refractivity contribution >= 4 is 11.9 Å². The lowest BCUT2D eigenvalue weighted by molar-refractivity contribution is 0.0689. The molecular formula is C15H16N4O5. The van der Waals surface area contributed by atoms with E-state index in [-0.39, 0.29) is 29.0 Å². The van der Waals surface area contributed by atoms with Crippen LogP contribution >= 0.6 is 0 Å². The van der Waals surface area contributed by atoms with Gasteiger partial charge in [0.15, 0.2) is 5.69 Å². The molecule has 1 amide bonds. The third-order valence-electron chi connectivity index (χ3n) is 3.99. The van der Waals surface area contributed by atoms with Gasteiger partial charge in [-0.1, -0.05) is 5.21 Å². The van der Waals surface area contributed by atoms with Crippen LogP contribution in [0.5, 0.6) is 11.5 Å². The Hall–Kier alpha value is -3.10. The molecule has 2 heterocycles. The molecule has 9 nitrogen and oxygen atoms in total. The van der Waals surface area contributed by atoms with Crippen molar-refractivity contribution in [2.75, 3.05) is 20.2 Å². The molecule has 0 aliphatic carbocycles. The van der Waals surface area contributed by atoms with E-state index in [1.807, 2.05) is 0 Å². The summed E-state index contributed by atoms with van der Waals surface area (Å²) in [6.07, 6.45) is 1.98. The summed E-state index contributed by atoms with van der Waals surface area (Å²) in [5.74, 6) is -1.12. The zero-order valence-corrected chi connectivity index (χ0v) is 12.9. The van der Waals surface area contributed by atoms with Gasteiger partial charge >= 0.3 is 5.97 Å². The summed E-state index contributed by atoms with van der Waals surface area (Å²) in [6.45, 7) is 0.851. The van der Waals surface area contributed by atoms with Crippen molar-refractivity contribution in [2.24, 2.45) is 0 Å². The number of phenols is 1. The molecule has 3 rings (SSSR count). The summed E-state index contributed by atoms with van der Waals surface area (Å²) in [7, 11) is 1.48. The number of aromatic nitrogens is 3. The molecule has 1 fully saturated rings. The van der Waals surface area contributed by atoms with Crippen molar-refractivity contribution in [1.29, 1.82) is 0 Å². The molecule has 1 aromatic heterocycles. The molecule has 9 heteroatoms. The Labute approximate surface area is 137 Å². The molecule has 0 spiro atoms. The number of phenolic OH excluding ortho intramolecular Hbond substituents is 1. The average Bonchev–Trinajstić information content (AvgIpc) is 3.23. The maximum atomic E-state index is 12.5. The second-order valence-corrected chi connectivity index (χ2v) is 5.47. The molecule has 2 N–H and O–H groups in total. The average molecular weight is 332 g/mol. The van der Waals surface area contributed by atoms with Gasteiger partial charge in [-0.2, -0.15) is 0 Å². The van der Waals surface area contributed by atoms with E-state index in [0.717, 1.165) is 0 Å². The van der Waals surface area contributed by atoms with E-state index in [1.165, 1.54) is 30.1 Å². The van der Waals surface area contributed by atoms with Crippen molar-refractivity contribution in [2.45, 2.75) is 12.5 Å². The summed E-state index contributed by atoms with van der Waals surface area (Å²) in [5.41, 5.74) is 0.0637. The van der Waals surface area contributed by atoms with Crippen molar-refractivity contribution in [3.05, 3.63) is 35.7 Å². The number of carboxylic acid groups (broad SMARTS) is 1. The normalized spacial score (nSPS) is 17.0. The number of carbonyl (C=O) groups excluding carboxylic acids is 1. The van der Waals surface area contributed by atoms with E-state index in [2.05, 4.69) is 10.3 Å². The molecule has 1 aliphatic rings. The van der Waals surface area contributed by atoms with Gasteiger partial charge in [0.2, 0.25) is 0 Å². The molecule has 1 atom stereocenters. The highest BCUT2D eigenvalue weighted by atomic mass is 16.5. The van der Waals surface area contributed by atoms with Gasteiger partial charge in [-0.3, -0.25) is 4.79 Å². The zero-order valence-electron chi connectivity index (χ0n) is 12.9. The van der Waals surface area contributed by atoms with Crippen molar-refractivity contribution in [1.82, 2.24) is 19.9 Å². The van der Waals surface area contributed by atoms with Gasteiger partial charge in [0.25, 0.3) is 5.91 Å². The van der Waals surface area contributed by atoms with Crippen molar-refractivity contribution in [3.8, 4) is 11.5 Å². The van der Waals surface area contributed by atoms with Gasteiger partial charge < -0.3 is 19.8 Å². The van der Waals surface area contributed by atoms with Gasteiger partial charge in [-0.15, -0.1) is 5.10 Å². The van der Waals surface area contributed by atoms with Gasteiger partial charge in [-0.25, -0.2) is 9.48 Å². The smallest absolute Gasteiger partial charge is 0.358 e. The second kappa shape index (κ2) is 6.19. The fraction of sp³-hybridized carbons (Fsp3) is 0.333. The lowest BCUT2D eigenvalue weighted by Gasteiger charge is -2.17. The number of rotatable bonds is 4. The molecular weight excluding hydrogens is 316 g/mol. The van der Waals surface area contributed by atoms with Gasteiger partial charge in [0.05, 0.1) is 24.9 Å². The first-order chi connectivity index (χ1) is 11.5. The van der Waals surface area contributed by atoms with Crippen LogP contribution in [0.3, 0.4) is 0 Å². The lowest BCUT2D eigenvalue weighted by atomic mass is 10.1. The number of nitrogens with zero attached hydrogens (tertiary/aromatic N) is 4. The third kappa shape index (κ3) is 2.87. The first kappa shape index (κ1) is 15.8. The minimum Gasteiger partial charge on any atom is -0.507 e. The number of hydrogen-bond acceptors (Lipinski definition) is 6. The maximum Gasteiger partial charge on any atom is 0.358 e. The topological polar surface area (TPSA) is 118 Å². The van der Waals surface area contributed by atoms with Crippen LogP contribution in [0.4, 0.5) is 0 Å². The third-order valence-corrected chi connectivity index (χ3v) is 3.99. The van der Waals surface area contributed by atoms with Crippen LogP contribution in [0.25, 0.3) is 0 Å². The molecule has 1 aromatic carbocycles. The Balaban J connectivity index is 1.72. The lowest BCUT2D eigenvalue weighted by Crippen LogP contribution is -2.29. The molecule has 1 unspecified atom stereocenters. The molecule has 126 valence electrons. The van der Waals surface area contributed by atoms with Crippen molar-refractivity contribution in [3.63, 3.8) is 0 Å². The summed E-state index contributed by atoms with van der Waals surface area (Å²) in [4.78, 5) is 25.0. The fourth-order valence-electron chi connectivity index (χ4n) is 2.69. The summed E-state index contributed by atoms with van der Waals surface area (Å²) >= 11 is 0. The summed E-state index contributed by atoms with van der Waals surface area (Å²) in [5, 5.41) is 26.3. The number of aromatic hydroxyl groups is 1. The Bertz CT molecular complexity index is 788. The van der Waals surface area contributed by atoms with E-state index in [0.29, 0.717) is 25.3 Å². The Kier molecular flexibility index (Phi) is 4.07. The molecule has 0 radical (unpaired) electrons. The van der Waals surface area contributed by atoms with Crippen LogP contribution in [0.15, 0.2) is 24.4 Å². The van der Waals surface area contributed by atoms with E-state index >= 15 is 0 Å². The Morgan fingerprint density at radius 1 is 1.38 bits per heavy atom. The summed E-state index contributed by atoms with van der Waals surface area (Å²) < 4.78 is 6.46. The molecule has 0 bridgehead atoms. The van der Waals surface area contributed by atoms with Crippen LogP contribution in [0.1, 0.15) is 33.3 Å². The fourth-order valence-corrected chi connectivity index (χ4v) is 2.69. The number of likely N-dealkylation sites (tertiary alicyclic amines) is 1. The van der Waals surface area contributed by atoms with Crippen LogP contribution in [0.2, 0.25) is 0 Å². The Morgan fingerprint density at radius 3 is 2.79 bits per heavy atom. The van der Waals surface area contributed by atoms with E-state index in [1.54, 1.807) is 11.0 Å². The largest absolute Gasteiger partial charge is 0.507 e. The number of benzene rings is 1. The van der Waals surface area contributed by atoms with Gasteiger partial charge in [-0.05, 0) is 18.6 Å². The highest BCUT2D eigenvalue weighted by molar-refractivity contribution is 5.97. The standard InChI is InChI=1S/C15H16N4O5/c1-24-10-2-3-11(13(20)6-10)14(21)18-5-4-9(7-18)19-8-12(15(22)23)16-17-19/h2-3,6,8-9,20H,4-5,7H2,1H3,(H,22,23).